The first kappa shape index (κ1) is 13.9. The van der Waals surface area contributed by atoms with Crippen LogP contribution in [-0.4, -0.2) is 25.2 Å². The Morgan fingerprint density at radius 3 is 2.89 bits per heavy atom. The molecule has 0 radical (unpaired) electrons. The van der Waals surface area contributed by atoms with Gasteiger partial charge >= 0.3 is 0 Å². The molecule has 0 spiro atoms. The van der Waals surface area contributed by atoms with E-state index in [1.165, 1.54) is 0 Å². The summed E-state index contributed by atoms with van der Waals surface area (Å²) in [4.78, 5) is 14.3. The molecule has 1 aliphatic heterocycles. The molecule has 4 nitrogen and oxygen atoms in total. The standard InChI is InChI=1S/C15H22N2O2/c1-15(2,19-3)10-14(18)17-9-5-6-11-12(16)7-4-8-13(11)17/h4,7-8H,5-6,9-10,16H2,1-3H3. The molecule has 19 heavy (non-hydrogen) atoms. The lowest BCUT2D eigenvalue weighted by Crippen LogP contribution is -2.40. The highest BCUT2D eigenvalue weighted by atomic mass is 16.5. The van der Waals surface area contributed by atoms with Gasteiger partial charge in [-0.2, -0.15) is 0 Å². The lowest BCUT2D eigenvalue weighted by Gasteiger charge is -2.33. The number of fused-ring (bicyclic) bond motifs is 1. The van der Waals surface area contributed by atoms with E-state index in [4.69, 9.17) is 10.5 Å². The van der Waals surface area contributed by atoms with Crippen molar-refractivity contribution < 1.29 is 9.53 Å². The molecule has 2 N–H and O–H groups in total. The van der Waals surface area contributed by atoms with Gasteiger partial charge in [-0.1, -0.05) is 6.07 Å². The zero-order valence-corrected chi connectivity index (χ0v) is 11.9. The van der Waals surface area contributed by atoms with Crippen LogP contribution in [0.4, 0.5) is 11.4 Å². The third-order valence-corrected chi connectivity index (χ3v) is 3.72. The van der Waals surface area contributed by atoms with E-state index in [2.05, 4.69) is 0 Å². The number of carbonyl (C=O) groups excluding carboxylic acids is 1. The fourth-order valence-electron chi connectivity index (χ4n) is 2.44. The smallest absolute Gasteiger partial charge is 0.229 e. The number of anilines is 2. The first-order chi connectivity index (χ1) is 8.94. The minimum Gasteiger partial charge on any atom is -0.398 e. The average molecular weight is 262 g/mol. The molecule has 4 heteroatoms. The summed E-state index contributed by atoms with van der Waals surface area (Å²) in [5.41, 5.74) is 8.39. The highest BCUT2D eigenvalue weighted by Gasteiger charge is 2.28. The Hall–Kier alpha value is -1.55. The van der Waals surface area contributed by atoms with Crippen LogP contribution in [0, 0.1) is 0 Å². The maximum Gasteiger partial charge on any atom is 0.229 e. The van der Waals surface area contributed by atoms with E-state index >= 15 is 0 Å². The number of nitrogens with zero attached hydrogens (tertiary/aromatic N) is 1. The van der Waals surface area contributed by atoms with Crippen molar-refractivity contribution in [2.24, 2.45) is 0 Å². The number of amides is 1. The molecule has 1 aliphatic rings. The number of nitrogen functional groups attached to an aromatic ring is 1. The molecule has 0 bridgehead atoms. The summed E-state index contributed by atoms with van der Waals surface area (Å²) in [7, 11) is 1.63. The fourth-order valence-corrected chi connectivity index (χ4v) is 2.44. The molecule has 0 fully saturated rings. The number of methoxy groups -OCH3 is 1. The topological polar surface area (TPSA) is 55.6 Å². The molecule has 0 saturated carbocycles. The van der Waals surface area contributed by atoms with E-state index in [0.29, 0.717) is 6.42 Å². The molecule has 1 aromatic rings. The molecule has 1 amide bonds. The predicted molar refractivity (Wildman–Crippen MR) is 77.2 cm³/mol. The molecule has 2 rings (SSSR count). The van der Waals surface area contributed by atoms with E-state index in [1.54, 1.807) is 7.11 Å². The van der Waals surface area contributed by atoms with Crippen molar-refractivity contribution in [3.63, 3.8) is 0 Å². The number of ether oxygens (including phenoxy) is 1. The van der Waals surface area contributed by atoms with Gasteiger partial charge in [-0.25, -0.2) is 0 Å². The first-order valence-corrected chi connectivity index (χ1v) is 6.67. The Kier molecular flexibility index (Phi) is 3.80. The average Bonchev–Trinajstić information content (AvgIpc) is 2.38. The molecule has 0 unspecified atom stereocenters. The van der Waals surface area contributed by atoms with Crippen LogP contribution in [0.25, 0.3) is 0 Å². The normalized spacial score (nSPS) is 15.2. The summed E-state index contributed by atoms with van der Waals surface area (Å²) in [5.74, 6) is 0.0957. The largest absolute Gasteiger partial charge is 0.398 e. The van der Waals surface area contributed by atoms with Gasteiger partial charge in [0, 0.05) is 25.0 Å². The van der Waals surface area contributed by atoms with Crippen LogP contribution in [0.3, 0.4) is 0 Å². The van der Waals surface area contributed by atoms with Gasteiger partial charge in [0.25, 0.3) is 0 Å². The van der Waals surface area contributed by atoms with Crippen LogP contribution < -0.4 is 10.6 Å². The van der Waals surface area contributed by atoms with Crippen molar-refractivity contribution >= 4 is 17.3 Å². The van der Waals surface area contributed by atoms with Gasteiger partial charge in [0.05, 0.1) is 12.0 Å². The third kappa shape index (κ3) is 2.89. The maximum absolute atomic E-state index is 12.5. The molecule has 1 heterocycles. The predicted octanol–water partition coefficient (Wildman–Crippen LogP) is 2.36. The van der Waals surface area contributed by atoms with Gasteiger partial charge in [-0.15, -0.1) is 0 Å². The van der Waals surface area contributed by atoms with Crippen molar-refractivity contribution in [3.8, 4) is 0 Å². The second kappa shape index (κ2) is 5.21. The Bertz CT molecular complexity index is 483. The summed E-state index contributed by atoms with van der Waals surface area (Å²) in [6, 6.07) is 5.77. The van der Waals surface area contributed by atoms with Crippen LogP contribution in [-0.2, 0) is 16.0 Å². The molecule has 0 saturated heterocycles. The van der Waals surface area contributed by atoms with Crippen molar-refractivity contribution in [1.82, 2.24) is 0 Å². The summed E-state index contributed by atoms with van der Waals surface area (Å²) < 4.78 is 5.34. The van der Waals surface area contributed by atoms with Gasteiger partial charge in [0.1, 0.15) is 0 Å². The van der Waals surface area contributed by atoms with Crippen molar-refractivity contribution in [2.45, 2.75) is 38.7 Å². The Morgan fingerprint density at radius 2 is 2.21 bits per heavy atom. The van der Waals surface area contributed by atoms with Crippen molar-refractivity contribution in [2.75, 3.05) is 24.3 Å². The molecule has 0 atom stereocenters. The molecule has 0 aliphatic carbocycles. The zero-order chi connectivity index (χ0) is 14.0. The second-order valence-electron chi connectivity index (χ2n) is 5.63. The highest BCUT2D eigenvalue weighted by molar-refractivity contribution is 5.96. The van der Waals surface area contributed by atoms with Gasteiger partial charge in [0.15, 0.2) is 0 Å². The van der Waals surface area contributed by atoms with Gasteiger partial charge in [0.2, 0.25) is 5.91 Å². The van der Waals surface area contributed by atoms with Crippen LogP contribution in [0.1, 0.15) is 32.3 Å². The summed E-state index contributed by atoms with van der Waals surface area (Å²) in [6.45, 7) is 4.61. The maximum atomic E-state index is 12.5. The molecular formula is C15H22N2O2. The van der Waals surface area contributed by atoms with E-state index < -0.39 is 5.60 Å². The van der Waals surface area contributed by atoms with Crippen LogP contribution in [0.2, 0.25) is 0 Å². The molecular weight excluding hydrogens is 240 g/mol. The van der Waals surface area contributed by atoms with E-state index in [9.17, 15) is 4.79 Å². The fraction of sp³-hybridized carbons (Fsp3) is 0.533. The van der Waals surface area contributed by atoms with Crippen LogP contribution in [0.5, 0.6) is 0 Å². The quantitative estimate of drug-likeness (QED) is 0.851. The second-order valence-corrected chi connectivity index (χ2v) is 5.63. The van der Waals surface area contributed by atoms with Gasteiger partial charge < -0.3 is 15.4 Å². The number of rotatable bonds is 3. The Labute approximate surface area is 114 Å². The van der Waals surface area contributed by atoms with Gasteiger partial charge in [-0.3, -0.25) is 4.79 Å². The van der Waals surface area contributed by atoms with Gasteiger partial charge in [-0.05, 0) is 44.4 Å². The van der Waals surface area contributed by atoms with E-state index in [1.807, 2.05) is 36.9 Å². The number of carbonyl (C=O) groups is 1. The molecule has 104 valence electrons. The first-order valence-electron chi connectivity index (χ1n) is 6.67. The van der Waals surface area contributed by atoms with Crippen molar-refractivity contribution in [3.05, 3.63) is 23.8 Å². The number of benzene rings is 1. The lowest BCUT2D eigenvalue weighted by molar-refractivity contribution is -0.123. The number of hydrogen-bond acceptors (Lipinski definition) is 3. The minimum absolute atomic E-state index is 0.0957. The monoisotopic (exact) mass is 262 g/mol. The Balaban J connectivity index is 2.24. The van der Waals surface area contributed by atoms with Crippen LogP contribution in [0.15, 0.2) is 18.2 Å². The zero-order valence-electron chi connectivity index (χ0n) is 11.9. The molecule has 1 aromatic carbocycles. The number of nitrogens with two attached hydrogens (primary N) is 1. The highest BCUT2D eigenvalue weighted by Crippen LogP contribution is 2.32. The SMILES string of the molecule is COC(C)(C)CC(=O)N1CCCc2c(N)cccc21. The summed E-state index contributed by atoms with van der Waals surface area (Å²) >= 11 is 0. The van der Waals surface area contributed by atoms with E-state index in [-0.39, 0.29) is 5.91 Å². The third-order valence-electron chi connectivity index (χ3n) is 3.72. The minimum atomic E-state index is -0.435. The summed E-state index contributed by atoms with van der Waals surface area (Å²) in [5, 5.41) is 0. The summed E-state index contributed by atoms with van der Waals surface area (Å²) in [6.07, 6.45) is 2.28. The van der Waals surface area contributed by atoms with E-state index in [0.717, 1.165) is 36.3 Å². The lowest BCUT2D eigenvalue weighted by atomic mass is 9.97. The Morgan fingerprint density at radius 1 is 1.47 bits per heavy atom. The van der Waals surface area contributed by atoms with Crippen LogP contribution >= 0.6 is 0 Å². The van der Waals surface area contributed by atoms with Crippen molar-refractivity contribution in [1.29, 1.82) is 0 Å². The molecule has 0 aromatic heterocycles. The number of hydrogen-bond donors (Lipinski definition) is 1.